The van der Waals surface area contributed by atoms with E-state index in [1.54, 1.807) is 30.4 Å². The summed E-state index contributed by atoms with van der Waals surface area (Å²) in [4.78, 5) is 17.5. The highest BCUT2D eigenvalue weighted by Crippen LogP contribution is 2.19. The minimum absolute atomic E-state index is 0.132. The van der Waals surface area contributed by atoms with Crippen molar-refractivity contribution < 1.29 is 9.18 Å². The number of hydrogen-bond acceptors (Lipinski definition) is 3. The highest BCUT2D eigenvalue weighted by Gasteiger charge is 2.27. The molecule has 4 nitrogen and oxygen atoms in total. The topological polar surface area (TPSA) is 45.2 Å². The molecule has 1 fully saturated rings. The Morgan fingerprint density at radius 2 is 2.50 bits per heavy atom. The highest BCUT2D eigenvalue weighted by molar-refractivity contribution is 5.99. The fourth-order valence-corrected chi connectivity index (χ4v) is 1.85. The molecule has 0 bridgehead atoms. The van der Waals surface area contributed by atoms with Crippen LogP contribution in [0, 0.1) is 0 Å². The summed E-state index contributed by atoms with van der Waals surface area (Å²) in [6.45, 7) is 0.690. The predicted molar refractivity (Wildman–Crippen MR) is 59.2 cm³/mol. The van der Waals surface area contributed by atoms with Crippen LogP contribution < -0.4 is 5.32 Å². The molecule has 5 heteroatoms. The summed E-state index contributed by atoms with van der Waals surface area (Å²) in [5.41, 5.74) is 1.22. The van der Waals surface area contributed by atoms with Crippen molar-refractivity contribution >= 4 is 11.6 Å². The molecule has 2 rings (SSSR count). The Morgan fingerprint density at radius 1 is 1.69 bits per heavy atom. The lowest BCUT2D eigenvalue weighted by atomic mass is 10.2. The Morgan fingerprint density at radius 3 is 3.12 bits per heavy atom. The van der Waals surface area contributed by atoms with Crippen molar-refractivity contribution in [2.75, 3.05) is 25.5 Å². The van der Waals surface area contributed by atoms with Crippen molar-refractivity contribution in [3.05, 3.63) is 24.0 Å². The van der Waals surface area contributed by atoms with Crippen LogP contribution in [0.25, 0.3) is 0 Å². The molecule has 1 aliphatic rings. The van der Waals surface area contributed by atoms with Crippen LogP contribution in [-0.4, -0.2) is 42.1 Å². The Bertz CT molecular complexity index is 397. The van der Waals surface area contributed by atoms with E-state index in [2.05, 4.69) is 10.3 Å². The number of likely N-dealkylation sites (tertiary alicyclic amines) is 1. The van der Waals surface area contributed by atoms with Crippen molar-refractivity contribution in [1.29, 1.82) is 0 Å². The molecule has 0 aliphatic carbocycles. The third kappa shape index (κ3) is 1.98. The van der Waals surface area contributed by atoms with Gasteiger partial charge in [0.2, 0.25) is 0 Å². The first kappa shape index (κ1) is 10.9. The molecular weight excluding hydrogens is 209 g/mol. The number of carbonyl (C=O) groups excluding carboxylic acids is 1. The summed E-state index contributed by atoms with van der Waals surface area (Å²) >= 11 is 0. The quantitative estimate of drug-likeness (QED) is 0.822. The number of rotatable bonds is 2. The van der Waals surface area contributed by atoms with Crippen molar-refractivity contribution in [2.45, 2.75) is 12.6 Å². The maximum Gasteiger partial charge on any atom is 0.256 e. The Hall–Kier alpha value is -1.65. The summed E-state index contributed by atoms with van der Waals surface area (Å²) in [6, 6.07) is 1.65. The fraction of sp³-hybridized carbons (Fsp3) is 0.455. The van der Waals surface area contributed by atoms with E-state index in [1.165, 1.54) is 0 Å². The molecule has 86 valence electrons. The summed E-state index contributed by atoms with van der Waals surface area (Å²) in [6.07, 6.45) is 2.71. The maximum atomic E-state index is 13.0. The van der Waals surface area contributed by atoms with Gasteiger partial charge in [0.1, 0.15) is 6.17 Å². The second kappa shape index (κ2) is 4.47. The van der Waals surface area contributed by atoms with Gasteiger partial charge < -0.3 is 10.2 Å². The molecule has 0 saturated carbocycles. The summed E-state index contributed by atoms with van der Waals surface area (Å²) in [5, 5.41) is 2.91. The van der Waals surface area contributed by atoms with Gasteiger partial charge in [0.05, 0.1) is 24.0 Å². The van der Waals surface area contributed by atoms with E-state index in [4.69, 9.17) is 0 Å². The number of alkyl halides is 1. The van der Waals surface area contributed by atoms with Gasteiger partial charge in [-0.2, -0.15) is 0 Å². The third-order valence-corrected chi connectivity index (χ3v) is 2.74. The van der Waals surface area contributed by atoms with Crippen LogP contribution >= 0.6 is 0 Å². The number of hydrogen-bond donors (Lipinski definition) is 1. The third-order valence-electron chi connectivity index (χ3n) is 2.74. The average molecular weight is 223 g/mol. The fourth-order valence-electron chi connectivity index (χ4n) is 1.85. The van der Waals surface area contributed by atoms with Crippen molar-refractivity contribution in [3.63, 3.8) is 0 Å². The van der Waals surface area contributed by atoms with Crippen molar-refractivity contribution in [1.82, 2.24) is 9.88 Å². The number of nitrogens with zero attached hydrogens (tertiary/aromatic N) is 2. The molecular formula is C11H14FN3O. The van der Waals surface area contributed by atoms with E-state index < -0.39 is 6.17 Å². The van der Waals surface area contributed by atoms with Gasteiger partial charge in [0.25, 0.3) is 5.91 Å². The number of nitrogens with one attached hydrogen (secondary N) is 1. The van der Waals surface area contributed by atoms with Gasteiger partial charge in [0, 0.05) is 19.8 Å². The first-order valence-corrected chi connectivity index (χ1v) is 5.27. The lowest BCUT2D eigenvalue weighted by Gasteiger charge is -2.17. The van der Waals surface area contributed by atoms with Crippen LogP contribution in [0.4, 0.5) is 10.1 Å². The van der Waals surface area contributed by atoms with Crippen LogP contribution in [0.15, 0.2) is 18.5 Å². The molecule has 1 amide bonds. The first-order chi connectivity index (χ1) is 7.72. The molecule has 1 saturated heterocycles. The first-order valence-electron chi connectivity index (χ1n) is 5.27. The number of carbonyl (C=O) groups is 1. The maximum absolute atomic E-state index is 13.0. The highest BCUT2D eigenvalue weighted by atomic mass is 19.1. The van der Waals surface area contributed by atoms with E-state index in [0.29, 0.717) is 24.2 Å². The molecule has 2 heterocycles. The zero-order chi connectivity index (χ0) is 11.5. The van der Waals surface area contributed by atoms with Gasteiger partial charge in [0.15, 0.2) is 0 Å². The minimum Gasteiger partial charge on any atom is -0.386 e. The molecule has 1 aromatic rings. The standard InChI is InChI=1S/C11H14FN3O/c1-13-10-6-14-4-2-9(10)11(16)15-5-3-8(12)7-15/h2,4,6,8,13H,3,5,7H2,1H3/t8-/m1/s1. The Labute approximate surface area is 93.5 Å². The van der Waals surface area contributed by atoms with Gasteiger partial charge in [-0.3, -0.25) is 9.78 Å². The molecule has 1 N–H and O–H groups in total. The minimum atomic E-state index is -0.885. The van der Waals surface area contributed by atoms with E-state index in [1.807, 2.05) is 0 Å². The molecule has 1 aromatic heterocycles. The van der Waals surface area contributed by atoms with Crippen LogP contribution in [0.1, 0.15) is 16.8 Å². The van der Waals surface area contributed by atoms with Gasteiger partial charge in [-0.1, -0.05) is 0 Å². The van der Waals surface area contributed by atoms with Gasteiger partial charge in [-0.05, 0) is 12.5 Å². The van der Waals surface area contributed by atoms with Crippen molar-refractivity contribution in [2.24, 2.45) is 0 Å². The Kier molecular flexibility index (Phi) is 3.03. The number of aromatic nitrogens is 1. The lowest BCUT2D eigenvalue weighted by Crippen LogP contribution is -2.29. The molecule has 16 heavy (non-hydrogen) atoms. The van der Waals surface area contributed by atoms with Crippen LogP contribution in [0.2, 0.25) is 0 Å². The van der Waals surface area contributed by atoms with Crippen LogP contribution in [-0.2, 0) is 0 Å². The lowest BCUT2D eigenvalue weighted by molar-refractivity contribution is 0.0783. The van der Waals surface area contributed by atoms with Gasteiger partial charge in [-0.25, -0.2) is 4.39 Å². The van der Waals surface area contributed by atoms with Crippen LogP contribution in [0.5, 0.6) is 0 Å². The number of halogens is 1. The van der Waals surface area contributed by atoms with E-state index in [-0.39, 0.29) is 12.5 Å². The largest absolute Gasteiger partial charge is 0.386 e. The zero-order valence-corrected chi connectivity index (χ0v) is 9.11. The van der Waals surface area contributed by atoms with Gasteiger partial charge >= 0.3 is 0 Å². The summed E-state index contributed by atoms with van der Waals surface area (Å²) < 4.78 is 13.0. The van der Waals surface area contributed by atoms with Crippen molar-refractivity contribution in [3.8, 4) is 0 Å². The zero-order valence-electron chi connectivity index (χ0n) is 9.11. The molecule has 0 aromatic carbocycles. The second-order valence-corrected chi connectivity index (χ2v) is 3.81. The normalized spacial score (nSPS) is 19.9. The number of pyridine rings is 1. The SMILES string of the molecule is CNc1cnccc1C(=O)N1CC[C@@H](F)C1. The number of anilines is 1. The summed E-state index contributed by atoms with van der Waals surface area (Å²) in [5.74, 6) is -0.132. The average Bonchev–Trinajstić information content (AvgIpc) is 2.75. The Balaban J connectivity index is 2.20. The summed E-state index contributed by atoms with van der Waals surface area (Å²) in [7, 11) is 1.73. The molecule has 0 unspecified atom stereocenters. The number of amides is 1. The van der Waals surface area contributed by atoms with E-state index >= 15 is 0 Å². The van der Waals surface area contributed by atoms with Crippen LogP contribution in [0.3, 0.4) is 0 Å². The molecule has 1 aliphatic heterocycles. The molecule has 1 atom stereocenters. The van der Waals surface area contributed by atoms with Gasteiger partial charge in [-0.15, -0.1) is 0 Å². The van der Waals surface area contributed by atoms with E-state index in [9.17, 15) is 9.18 Å². The van der Waals surface area contributed by atoms with E-state index in [0.717, 1.165) is 0 Å². The molecule has 0 spiro atoms. The second-order valence-electron chi connectivity index (χ2n) is 3.81. The monoisotopic (exact) mass is 223 g/mol. The predicted octanol–water partition coefficient (Wildman–Crippen LogP) is 1.31. The smallest absolute Gasteiger partial charge is 0.256 e. The molecule has 0 radical (unpaired) electrons.